The Morgan fingerprint density at radius 1 is 0.939 bits per heavy atom. The first-order valence-electron chi connectivity index (χ1n) is 10.5. The highest BCUT2D eigenvalue weighted by atomic mass is 16.5. The Bertz CT molecular complexity index is 1190. The molecule has 6 nitrogen and oxygen atoms in total. The van der Waals surface area contributed by atoms with Crippen LogP contribution in [0.15, 0.2) is 78.6 Å². The lowest BCUT2D eigenvalue weighted by atomic mass is 9.92. The number of carbonyl (C=O) groups is 2. The van der Waals surface area contributed by atoms with Crippen LogP contribution in [0.5, 0.6) is 5.75 Å². The SMILES string of the molecule is COC(=O)c1ccc([C@@H]2C(c3ccc(OC)cc3)=C(O)C(=O)N2Cc2ccc(C)cc2)cc1. The van der Waals surface area contributed by atoms with E-state index >= 15 is 0 Å². The van der Waals surface area contributed by atoms with E-state index in [4.69, 9.17) is 9.47 Å². The van der Waals surface area contributed by atoms with E-state index in [2.05, 4.69) is 0 Å². The highest BCUT2D eigenvalue weighted by molar-refractivity contribution is 6.05. The molecule has 0 fully saturated rings. The largest absolute Gasteiger partial charge is 0.503 e. The standard InChI is InChI=1S/C27H25NO5/c1-17-4-6-18(7-5-17)16-28-24(20-8-10-21(11-9-20)27(31)33-3)23(25(29)26(28)30)19-12-14-22(32-2)15-13-19/h4-15,24,29H,16H2,1-3H3/t24-/m1/s1. The summed E-state index contributed by atoms with van der Waals surface area (Å²) in [5, 5.41) is 10.9. The molecular formula is C27H25NO5. The number of ether oxygens (including phenoxy) is 2. The number of carbonyl (C=O) groups excluding carboxylic acids is 2. The van der Waals surface area contributed by atoms with Crippen molar-refractivity contribution in [3.63, 3.8) is 0 Å². The Morgan fingerprint density at radius 3 is 2.15 bits per heavy atom. The van der Waals surface area contributed by atoms with Crippen molar-refractivity contribution in [2.75, 3.05) is 14.2 Å². The van der Waals surface area contributed by atoms with E-state index in [1.165, 1.54) is 7.11 Å². The van der Waals surface area contributed by atoms with Gasteiger partial charge in [-0.2, -0.15) is 0 Å². The number of amides is 1. The second-order valence-corrected chi connectivity index (χ2v) is 7.93. The molecule has 0 spiro atoms. The van der Waals surface area contributed by atoms with E-state index in [0.29, 0.717) is 23.4 Å². The Morgan fingerprint density at radius 2 is 1.58 bits per heavy atom. The van der Waals surface area contributed by atoms with Crippen LogP contribution >= 0.6 is 0 Å². The van der Waals surface area contributed by atoms with E-state index in [1.54, 1.807) is 48.4 Å². The molecule has 0 radical (unpaired) electrons. The van der Waals surface area contributed by atoms with Crippen LogP contribution in [0.3, 0.4) is 0 Å². The van der Waals surface area contributed by atoms with Crippen LogP contribution in [0.2, 0.25) is 0 Å². The predicted octanol–water partition coefficient (Wildman–Crippen LogP) is 4.84. The molecule has 6 heteroatoms. The summed E-state index contributed by atoms with van der Waals surface area (Å²) < 4.78 is 10.0. The lowest BCUT2D eigenvalue weighted by Gasteiger charge is -2.27. The molecule has 33 heavy (non-hydrogen) atoms. The van der Waals surface area contributed by atoms with Gasteiger partial charge in [-0.25, -0.2) is 4.79 Å². The zero-order valence-electron chi connectivity index (χ0n) is 18.7. The van der Waals surface area contributed by atoms with Crippen molar-refractivity contribution in [3.8, 4) is 5.75 Å². The number of hydrogen-bond donors (Lipinski definition) is 1. The first-order chi connectivity index (χ1) is 15.9. The fourth-order valence-corrected chi connectivity index (χ4v) is 4.04. The number of methoxy groups -OCH3 is 2. The minimum Gasteiger partial charge on any atom is -0.503 e. The smallest absolute Gasteiger partial charge is 0.337 e. The molecule has 0 saturated carbocycles. The van der Waals surface area contributed by atoms with Crippen molar-refractivity contribution < 1.29 is 24.2 Å². The topological polar surface area (TPSA) is 76.1 Å². The minimum absolute atomic E-state index is 0.283. The van der Waals surface area contributed by atoms with E-state index in [-0.39, 0.29) is 5.76 Å². The van der Waals surface area contributed by atoms with Gasteiger partial charge in [-0.05, 0) is 47.9 Å². The third kappa shape index (κ3) is 4.32. The summed E-state index contributed by atoms with van der Waals surface area (Å²) in [6.07, 6.45) is 0. The van der Waals surface area contributed by atoms with Gasteiger partial charge in [0.2, 0.25) is 0 Å². The first kappa shape index (κ1) is 22.1. The van der Waals surface area contributed by atoms with Gasteiger partial charge in [0.15, 0.2) is 5.76 Å². The van der Waals surface area contributed by atoms with Crippen molar-refractivity contribution in [2.24, 2.45) is 0 Å². The molecule has 0 aromatic heterocycles. The third-order valence-electron chi connectivity index (χ3n) is 5.83. The molecule has 168 valence electrons. The van der Waals surface area contributed by atoms with Crippen LogP contribution < -0.4 is 4.74 Å². The van der Waals surface area contributed by atoms with Gasteiger partial charge in [0.05, 0.1) is 25.8 Å². The lowest BCUT2D eigenvalue weighted by Crippen LogP contribution is -2.29. The fourth-order valence-electron chi connectivity index (χ4n) is 4.04. The van der Waals surface area contributed by atoms with Crippen LogP contribution in [0.4, 0.5) is 0 Å². The molecule has 0 saturated heterocycles. The van der Waals surface area contributed by atoms with Crippen molar-refractivity contribution in [3.05, 3.63) is 106 Å². The van der Waals surface area contributed by atoms with Crippen molar-refractivity contribution >= 4 is 17.4 Å². The number of aliphatic hydroxyl groups is 1. The van der Waals surface area contributed by atoms with Gasteiger partial charge in [-0.15, -0.1) is 0 Å². The van der Waals surface area contributed by atoms with E-state index in [1.807, 2.05) is 43.3 Å². The molecule has 0 bridgehead atoms. The highest BCUT2D eigenvalue weighted by Gasteiger charge is 2.41. The van der Waals surface area contributed by atoms with E-state index in [9.17, 15) is 14.7 Å². The zero-order chi connectivity index (χ0) is 23.5. The molecule has 0 unspecified atom stereocenters. The fraction of sp³-hybridized carbons (Fsp3) is 0.185. The van der Waals surface area contributed by atoms with Gasteiger partial charge in [-0.1, -0.05) is 54.1 Å². The average Bonchev–Trinajstić information content (AvgIpc) is 3.10. The Kier molecular flexibility index (Phi) is 6.18. The van der Waals surface area contributed by atoms with Gasteiger partial charge in [0.1, 0.15) is 5.75 Å². The number of rotatable bonds is 6. The lowest BCUT2D eigenvalue weighted by molar-refractivity contribution is -0.130. The molecule has 3 aromatic carbocycles. The normalized spacial score (nSPS) is 15.7. The van der Waals surface area contributed by atoms with Crippen LogP contribution in [0.1, 0.15) is 38.7 Å². The Balaban J connectivity index is 1.78. The van der Waals surface area contributed by atoms with E-state index < -0.39 is 17.9 Å². The molecule has 1 heterocycles. The molecule has 1 aliphatic rings. The number of nitrogens with zero attached hydrogens (tertiary/aromatic N) is 1. The van der Waals surface area contributed by atoms with Crippen LogP contribution in [-0.2, 0) is 16.1 Å². The minimum atomic E-state index is -0.529. The van der Waals surface area contributed by atoms with Crippen LogP contribution in [0, 0.1) is 6.92 Å². The molecule has 3 aromatic rings. The number of esters is 1. The van der Waals surface area contributed by atoms with E-state index in [0.717, 1.165) is 22.3 Å². The summed E-state index contributed by atoms with van der Waals surface area (Å²) in [6.45, 7) is 2.33. The number of aryl methyl sites for hydroxylation is 1. The predicted molar refractivity (Wildman–Crippen MR) is 125 cm³/mol. The maximum absolute atomic E-state index is 13.2. The summed E-state index contributed by atoms with van der Waals surface area (Å²) in [5.41, 5.74) is 4.50. The monoisotopic (exact) mass is 443 g/mol. The maximum atomic E-state index is 13.2. The maximum Gasteiger partial charge on any atom is 0.337 e. The highest BCUT2D eigenvalue weighted by Crippen LogP contribution is 2.44. The Hall–Kier alpha value is -4.06. The van der Waals surface area contributed by atoms with Crippen molar-refractivity contribution in [1.29, 1.82) is 0 Å². The van der Waals surface area contributed by atoms with Crippen molar-refractivity contribution in [2.45, 2.75) is 19.5 Å². The molecule has 1 amide bonds. The molecule has 1 atom stereocenters. The van der Waals surface area contributed by atoms with Crippen molar-refractivity contribution in [1.82, 2.24) is 4.90 Å². The van der Waals surface area contributed by atoms with Gasteiger partial charge in [0.25, 0.3) is 5.91 Å². The molecule has 0 aliphatic carbocycles. The zero-order valence-corrected chi connectivity index (χ0v) is 18.7. The number of hydrogen-bond acceptors (Lipinski definition) is 5. The molecular weight excluding hydrogens is 418 g/mol. The van der Waals surface area contributed by atoms with Gasteiger partial charge >= 0.3 is 5.97 Å². The van der Waals surface area contributed by atoms with Crippen LogP contribution in [-0.4, -0.2) is 36.1 Å². The summed E-state index contributed by atoms with van der Waals surface area (Å²) in [6, 6.07) is 21.5. The number of benzene rings is 3. The summed E-state index contributed by atoms with van der Waals surface area (Å²) in [5.74, 6) is -0.481. The summed E-state index contributed by atoms with van der Waals surface area (Å²) in [7, 11) is 2.91. The summed E-state index contributed by atoms with van der Waals surface area (Å²) in [4.78, 5) is 26.7. The van der Waals surface area contributed by atoms with Crippen LogP contribution in [0.25, 0.3) is 5.57 Å². The average molecular weight is 443 g/mol. The first-order valence-corrected chi connectivity index (χ1v) is 10.5. The van der Waals surface area contributed by atoms with Gasteiger partial charge in [-0.3, -0.25) is 4.79 Å². The molecule has 4 rings (SSSR count). The Labute approximate surface area is 192 Å². The quantitative estimate of drug-likeness (QED) is 0.552. The molecule has 1 N–H and O–H groups in total. The second-order valence-electron chi connectivity index (χ2n) is 7.93. The summed E-state index contributed by atoms with van der Waals surface area (Å²) >= 11 is 0. The van der Waals surface area contributed by atoms with Gasteiger partial charge in [0, 0.05) is 12.1 Å². The third-order valence-corrected chi connectivity index (χ3v) is 5.83. The number of aliphatic hydroxyl groups excluding tert-OH is 1. The molecule has 1 aliphatic heterocycles. The second kappa shape index (κ2) is 9.20. The van der Waals surface area contributed by atoms with Gasteiger partial charge < -0.3 is 19.5 Å².